The summed E-state index contributed by atoms with van der Waals surface area (Å²) in [4.78, 5) is 5.81. The summed E-state index contributed by atoms with van der Waals surface area (Å²) in [6.45, 7) is 3.91. The van der Waals surface area contributed by atoms with Crippen LogP contribution in [0, 0.1) is 0 Å². The first-order valence-electron chi connectivity index (χ1n) is 7.99. The number of thiophene rings is 1. The van der Waals surface area contributed by atoms with Crippen LogP contribution in [0.5, 0.6) is 5.75 Å². The Morgan fingerprint density at radius 1 is 1.40 bits per heavy atom. The number of nitrogens with one attached hydrogen (secondary N) is 1. The molecule has 0 spiro atoms. The molecule has 0 aliphatic carbocycles. The lowest BCUT2D eigenvalue weighted by molar-refractivity contribution is -0.0409. The molecule has 0 saturated carbocycles. The van der Waals surface area contributed by atoms with Crippen LogP contribution < -0.4 is 15.8 Å². The lowest BCUT2D eigenvalue weighted by atomic mass is 9.93. The molecule has 1 aliphatic rings. The lowest BCUT2D eigenvalue weighted by Gasteiger charge is -2.34. The Labute approximate surface area is 169 Å². The third-order valence-corrected chi connectivity index (χ3v) is 5.26. The van der Waals surface area contributed by atoms with Gasteiger partial charge in [-0.15, -0.1) is 35.3 Å². The largest absolute Gasteiger partial charge is 0.496 e. The number of hydrogen-bond acceptors (Lipinski definition) is 4. The molecule has 7 heteroatoms. The minimum Gasteiger partial charge on any atom is -0.496 e. The van der Waals surface area contributed by atoms with Crippen LogP contribution in [-0.2, 0) is 23.3 Å². The first-order valence-corrected chi connectivity index (χ1v) is 8.87. The SMILES string of the molecule is COc1ccccc1CN=C(N)NCC1(C)OCCc2sccc21.I. The van der Waals surface area contributed by atoms with Crippen LogP contribution in [0.1, 0.15) is 22.9 Å². The summed E-state index contributed by atoms with van der Waals surface area (Å²) in [5.41, 5.74) is 7.92. The Kier molecular flexibility index (Phi) is 7.09. The van der Waals surface area contributed by atoms with Gasteiger partial charge in [-0.3, -0.25) is 0 Å². The Hall–Kier alpha value is -1.32. The first kappa shape index (κ1) is 20.0. The van der Waals surface area contributed by atoms with Crippen molar-refractivity contribution in [3.63, 3.8) is 0 Å². The highest BCUT2D eigenvalue weighted by Crippen LogP contribution is 2.35. The van der Waals surface area contributed by atoms with E-state index in [-0.39, 0.29) is 29.6 Å². The van der Waals surface area contributed by atoms with Gasteiger partial charge in [0.05, 0.1) is 26.8 Å². The molecule has 1 unspecified atom stereocenters. The van der Waals surface area contributed by atoms with Crippen LogP contribution in [0.2, 0.25) is 0 Å². The van der Waals surface area contributed by atoms with E-state index in [4.69, 9.17) is 15.2 Å². The van der Waals surface area contributed by atoms with Crippen LogP contribution in [0.25, 0.3) is 0 Å². The number of rotatable bonds is 5. The van der Waals surface area contributed by atoms with E-state index in [1.807, 2.05) is 24.3 Å². The summed E-state index contributed by atoms with van der Waals surface area (Å²) >= 11 is 1.79. The van der Waals surface area contributed by atoms with Gasteiger partial charge in [0, 0.05) is 16.9 Å². The fourth-order valence-corrected chi connectivity index (χ4v) is 3.90. The minimum absolute atomic E-state index is 0. The summed E-state index contributed by atoms with van der Waals surface area (Å²) < 4.78 is 11.3. The second kappa shape index (κ2) is 8.86. The molecule has 5 nitrogen and oxygen atoms in total. The van der Waals surface area contributed by atoms with E-state index in [1.165, 1.54) is 10.4 Å². The fourth-order valence-electron chi connectivity index (χ4n) is 2.92. The van der Waals surface area contributed by atoms with E-state index in [1.54, 1.807) is 18.4 Å². The van der Waals surface area contributed by atoms with Gasteiger partial charge in [0.1, 0.15) is 11.4 Å². The molecule has 0 bridgehead atoms. The van der Waals surface area contributed by atoms with Gasteiger partial charge >= 0.3 is 0 Å². The maximum atomic E-state index is 6.03. The number of guanidine groups is 1. The summed E-state index contributed by atoms with van der Waals surface area (Å²) in [6, 6.07) is 9.95. The predicted molar refractivity (Wildman–Crippen MR) is 113 cm³/mol. The predicted octanol–water partition coefficient (Wildman–Crippen LogP) is 3.27. The van der Waals surface area contributed by atoms with Crippen molar-refractivity contribution < 1.29 is 9.47 Å². The Bertz CT molecular complexity index is 735. The van der Waals surface area contributed by atoms with Gasteiger partial charge in [0.15, 0.2) is 5.96 Å². The second-order valence-electron chi connectivity index (χ2n) is 5.95. The number of nitrogens with two attached hydrogens (primary N) is 1. The average molecular weight is 473 g/mol. The molecule has 1 aliphatic heterocycles. The molecule has 0 radical (unpaired) electrons. The van der Waals surface area contributed by atoms with E-state index in [0.29, 0.717) is 19.0 Å². The molecule has 0 fully saturated rings. The van der Waals surface area contributed by atoms with Crippen LogP contribution in [-0.4, -0.2) is 26.2 Å². The highest BCUT2D eigenvalue weighted by Gasteiger charge is 2.33. The van der Waals surface area contributed by atoms with Crippen LogP contribution in [0.4, 0.5) is 0 Å². The van der Waals surface area contributed by atoms with Crippen molar-refractivity contribution in [2.45, 2.75) is 25.5 Å². The number of nitrogens with zero attached hydrogens (tertiary/aromatic N) is 1. The monoisotopic (exact) mass is 473 g/mol. The highest BCUT2D eigenvalue weighted by molar-refractivity contribution is 14.0. The summed E-state index contributed by atoms with van der Waals surface area (Å²) in [6.07, 6.45) is 0.986. The van der Waals surface area contributed by atoms with E-state index in [2.05, 4.69) is 28.7 Å². The Balaban J connectivity index is 0.00000225. The lowest BCUT2D eigenvalue weighted by Crippen LogP contribution is -2.45. The minimum atomic E-state index is -0.363. The van der Waals surface area contributed by atoms with Crippen LogP contribution in [0.3, 0.4) is 0 Å². The molecule has 2 aromatic rings. The molecule has 1 atom stereocenters. The third kappa shape index (κ3) is 4.65. The van der Waals surface area contributed by atoms with E-state index >= 15 is 0 Å². The average Bonchev–Trinajstić information content (AvgIpc) is 3.09. The smallest absolute Gasteiger partial charge is 0.189 e. The quantitative estimate of drug-likeness (QED) is 0.398. The van der Waals surface area contributed by atoms with Crippen LogP contribution >= 0.6 is 35.3 Å². The molecular weight excluding hydrogens is 449 g/mol. The number of fused-ring (bicyclic) bond motifs is 1. The normalized spacial score (nSPS) is 19.7. The van der Waals surface area contributed by atoms with E-state index in [9.17, 15) is 0 Å². The van der Waals surface area contributed by atoms with Crippen LogP contribution in [0.15, 0.2) is 40.7 Å². The summed E-state index contributed by atoms with van der Waals surface area (Å²) in [5, 5.41) is 5.32. The molecular formula is C18H24IN3O2S. The van der Waals surface area contributed by atoms with Gasteiger partial charge in [0.2, 0.25) is 0 Å². The molecule has 0 saturated heterocycles. The first-order chi connectivity index (χ1) is 11.6. The van der Waals surface area contributed by atoms with Gasteiger partial charge < -0.3 is 20.5 Å². The molecule has 1 aromatic carbocycles. The maximum Gasteiger partial charge on any atom is 0.189 e. The number of halogens is 1. The molecule has 136 valence electrons. The molecule has 25 heavy (non-hydrogen) atoms. The zero-order chi connectivity index (χ0) is 17.0. The number of methoxy groups -OCH3 is 1. The standard InChI is InChI=1S/C18H23N3O2S.HI/c1-18(14-8-10-24-16(14)7-9-23-18)12-21-17(19)20-11-13-5-3-4-6-15(13)22-2;/h3-6,8,10H,7,9,11-12H2,1-2H3,(H3,19,20,21);1H. The number of para-hydroxylation sites is 1. The van der Waals surface area contributed by atoms with Gasteiger partial charge in [-0.1, -0.05) is 18.2 Å². The van der Waals surface area contributed by atoms with Crippen molar-refractivity contribution in [2.75, 3.05) is 20.3 Å². The van der Waals surface area contributed by atoms with Crippen molar-refractivity contribution in [3.05, 3.63) is 51.7 Å². The number of hydrogen-bond donors (Lipinski definition) is 2. The van der Waals surface area contributed by atoms with Gasteiger partial charge in [-0.2, -0.15) is 0 Å². The zero-order valence-corrected chi connectivity index (χ0v) is 17.6. The summed E-state index contributed by atoms with van der Waals surface area (Å²) in [7, 11) is 1.66. The third-order valence-electron chi connectivity index (χ3n) is 4.28. The van der Waals surface area contributed by atoms with Crippen molar-refractivity contribution in [1.29, 1.82) is 0 Å². The topological polar surface area (TPSA) is 68.9 Å². The van der Waals surface area contributed by atoms with Crippen molar-refractivity contribution in [3.8, 4) is 5.75 Å². The number of aliphatic imine (C=N–C) groups is 1. The molecule has 2 heterocycles. The highest BCUT2D eigenvalue weighted by atomic mass is 127. The summed E-state index contributed by atoms with van der Waals surface area (Å²) in [5.74, 6) is 1.23. The van der Waals surface area contributed by atoms with Crippen molar-refractivity contribution in [2.24, 2.45) is 10.7 Å². The van der Waals surface area contributed by atoms with Crippen molar-refractivity contribution >= 4 is 41.3 Å². The molecule has 1 aromatic heterocycles. The number of ether oxygens (including phenoxy) is 2. The molecule has 3 N–H and O–H groups in total. The zero-order valence-electron chi connectivity index (χ0n) is 14.5. The maximum absolute atomic E-state index is 6.03. The molecule has 0 amide bonds. The Morgan fingerprint density at radius 3 is 3.00 bits per heavy atom. The number of benzene rings is 1. The fraction of sp³-hybridized carbons (Fsp3) is 0.389. The van der Waals surface area contributed by atoms with Gasteiger partial charge in [0.25, 0.3) is 0 Å². The Morgan fingerprint density at radius 2 is 2.20 bits per heavy atom. The van der Waals surface area contributed by atoms with E-state index < -0.39 is 0 Å². The van der Waals surface area contributed by atoms with Gasteiger partial charge in [-0.25, -0.2) is 4.99 Å². The second-order valence-corrected chi connectivity index (χ2v) is 6.95. The van der Waals surface area contributed by atoms with E-state index in [0.717, 1.165) is 24.3 Å². The van der Waals surface area contributed by atoms with Gasteiger partial charge in [-0.05, 0) is 30.0 Å². The van der Waals surface area contributed by atoms with Crippen molar-refractivity contribution in [1.82, 2.24) is 5.32 Å². The molecule has 3 rings (SSSR count).